The number of rotatable bonds is 3. The minimum absolute atomic E-state index is 0.171. The summed E-state index contributed by atoms with van der Waals surface area (Å²) in [6.07, 6.45) is 1.84. The number of aromatic nitrogens is 2. The molecule has 7 heteroatoms. The highest BCUT2D eigenvalue weighted by Gasteiger charge is 2.17. The van der Waals surface area contributed by atoms with Crippen LogP contribution in [-0.4, -0.2) is 22.1 Å². The molecule has 1 aromatic carbocycles. The highest BCUT2D eigenvalue weighted by Crippen LogP contribution is 2.32. The van der Waals surface area contributed by atoms with E-state index in [1.54, 1.807) is 4.40 Å². The molecule has 0 spiro atoms. The minimum Gasteiger partial charge on any atom is -0.454 e. The van der Waals surface area contributed by atoms with Crippen molar-refractivity contribution in [2.24, 2.45) is 0 Å². The summed E-state index contributed by atoms with van der Waals surface area (Å²) >= 11 is 3.42. The largest absolute Gasteiger partial charge is 0.454 e. The molecule has 0 saturated heterocycles. The van der Waals surface area contributed by atoms with Crippen molar-refractivity contribution in [2.45, 2.75) is 13.5 Å². The van der Waals surface area contributed by atoms with Crippen LogP contribution in [-0.2, 0) is 6.54 Å². The molecule has 0 radical (unpaired) electrons. The highest BCUT2D eigenvalue weighted by atomic mass is 79.9. The maximum absolute atomic E-state index is 12.6. The Morgan fingerprint density at radius 2 is 2.12 bits per heavy atom. The molecule has 6 nitrogen and oxygen atoms in total. The molecule has 2 aromatic heterocycles. The second kappa shape index (κ2) is 5.83. The van der Waals surface area contributed by atoms with Crippen molar-refractivity contribution in [3.63, 3.8) is 0 Å². The van der Waals surface area contributed by atoms with Crippen LogP contribution in [0.5, 0.6) is 11.5 Å². The summed E-state index contributed by atoms with van der Waals surface area (Å²) in [7, 11) is 0. The Balaban J connectivity index is 1.56. The zero-order valence-electron chi connectivity index (χ0n) is 12.9. The molecule has 0 bridgehead atoms. The van der Waals surface area contributed by atoms with Gasteiger partial charge in [0, 0.05) is 17.2 Å². The van der Waals surface area contributed by atoms with Gasteiger partial charge in [-0.1, -0.05) is 6.07 Å². The molecule has 3 aromatic rings. The van der Waals surface area contributed by atoms with E-state index in [4.69, 9.17) is 9.47 Å². The van der Waals surface area contributed by atoms with E-state index in [9.17, 15) is 4.79 Å². The Kier molecular flexibility index (Phi) is 3.65. The van der Waals surface area contributed by atoms with Crippen molar-refractivity contribution in [3.05, 3.63) is 58.0 Å². The van der Waals surface area contributed by atoms with E-state index in [2.05, 4.69) is 26.2 Å². The van der Waals surface area contributed by atoms with Gasteiger partial charge in [0.2, 0.25) is 6.79 Å². The van der Waals surface area contributed by atoms with Crippen molar-refractivity contribution < 1.29 is 14.3 Å². The SMILES string of the molecule is Cc1nc2ccc(Br)cn2c1C(=O)NCc1ccc2c(c1)OCO2. The predicted octanol–water partition coefficient (Wildman–Crippen LogP) is 3.06. The van der Waals surface area contributed by atoms with Crippen molar-refractivity contribution in [3.8, 4) is 11.5 Å². The van der Waals surface area contributed by atoms with Crippen LogP contribution in [0.4, 0.5) is 0 Å². The number of fused-ring (bicyclic) bond motifs is 2. The molecule has 0 unspecified atom stereocenters. The number of ether oxygens (including phenoxy) is 2. The van der Waals surface area contributed by atoms with Gasteiger partial charge in [-0.05, 0) is 52.7 Å². The third-order valence-electron chi connectivity index (χ3n) is 3.86. The number of imidazole rings is 1. The minimum atomic E-state index is -0.171. The zero-order valence-corrected chi connectivity index (χ0v) is 14.5. The number of carbonyl (C=O) groups excluding carboxylic acids is 1. The van der Waals surface area contributed by atoms with Gasteiger partial charge in [0.25, 0.3) is 5.91 Å². The number of hydrogen-bond donors (Lipinski definition) is 1. The molecule has 3 heterocycles. The second-order valence-electron chi connectivity index (χ2n) is 5.49. The number of carbonyl (C=O) groups is 1. The van der Waals surface area contributed by atoms with Gasteiger partial charge in [0.05, 0.1) is 5.69 Å². The van der Waals surface area contributed by atoms with Gasteiger partial charge in [-0.2, -0.15) is 0 Å². The number of amides is 1. The molecule has 0 saturated carbocycles. The van der Waals surface area contributed by atoms with Crippen LogP contribution in [0.3, 0.4) is 0 Å². The predicted molar refractivity (Wildman–Crippen MR) is 91.4 cm³/mol. The number of nitrogens with one attached hydrogen (secondary N) is 1. The smallest absolute Gasteiger partial charge is 0.270 e. The first-order valence-corrected chi connectivity index (χ1v) is 8.22. The van der Waals surface area contributed by atoms with Gasteiger partial charge in [-0.3, -0.25) is 9.20 Å². The lowest BCUT2D eigenvalue weighted by Gasteiger charge is -2.07. The summed E-state index contributed by atoms with van der Waals surface area (Å²) in [6.45, 7) is 2.47. The molecule has 1 N–H and O–H groups in total. The van der Waals surface area contributed by atoms with E-state index in [1.807, 2.05) is 43.5 Å². The molecule has 24 heavy (non-hydrogen) atoms. The molecule has 122 valence electrons. The van der Waals surface area contributed by atoms with Crippen LogP contribution < -0.4 is 14.8 Å². The highest BCUT2D eigenvalue weighted by molar-refractivity contribution is 9.10. The summed E-state index contributed by atoms with van der Waals surface area (Å²) in [5.41, 5.74) is 2.91. The Labute approximate surface area is 146 Å². The van der Waals surface area contributed by atoms with Gasteiger partial charge >= 0.3 is 0 Å². The summed E-state index contributed by atoms with van der Waals surface area (Å²) < 4.78 is 13.3. The van der Waals surface area contributed by atoms with Crippen LogP contribution in [0.2, 0.25) is 0 Å². The van der Waals surface area contributed by atoms with Gasteiger partial charge in [0.1, 0.15) is 11.3 Å². The quantitative estimate of drug-likeness (QED) is 0.749. The lowest BCUT2D eigenvalue weighted by molar-refractivity contribution is 0.0944. The number of aryl methyl sites for hydroxylation is 1. The molecule has 0 fully saturated rings. The second-order valence-corrected chi connectivity index (χ2v) is 6.41. The summed E-state index contributed by atoms with van der Waals surface area (Å²) in [4.78, 5) is 17.0. The van der Waals surface area contributed by atoms with E-state index >= 15 is 0 Å². The monoisotopic (exact) mass is 387 g/mol. The van der Waals surface area contributed by atoms with Crippen LogP contribution in [0.1, 0.15) is 21.7 Å². The van der Waals surface area contributed by atoms with Gasteiger partial charge in [-0.15, -0.1) is 0 Å². The van der Waals surface area contributed by atoms with Gasteiger partial charge < -0.3 is 14.8 Å². The zero-order chi connectivity index (χ0) is 16.7. The van der Waals surface area contributed by atoms with Crippen LogP contribution in [0.25, 0.3) is 5.65 Å². The average molecular weight is 388 g/mol. The van der Waals surface area contributed by atoms with Crippen molar-refractivity contribution >= 4 is 27.5 Å². The van der Waals surface area contributed by atoms with E-state index in [-0.39, 0.29) is 12.7 Å². The third kappa shape index (κ3) is 2.60. The standard InChI is InChI=1S/C17H14BrN3O3/c1-10-16(21-8-12(18)3-5-15(21)20-10)17(22)19-7-11-2-4-13-14(6-11)24-9-23-13/h2-6,8H,7,9H2,1H3,(H,19,22). The molecular weight excluding hydrogens is 374 g/mol. The fraction of sp³-hybridized carbons (Fsp3) is 0.176. The molecule has 4 rings (SSSR count). The van der Waals surface area contributed by atoms with Crippen molar-refractivity contribution in [2.75, 3.05) is 6.79 Å². The summed E-state index contributed by atoms with van der Waals surface area (Å²) in [6, 6.07) is 9.40. The van der Waals surface area contributed by atoms with Crippen molar-refractivity contribution in [1.29, 1.82) is 0 Å². The lowest BCUT2D eigenvalue weighted by atomic mass is 10.2. The van der Waals surface area contributed by atoms with E-state index in [1.165, 1.54) is 0 Å². The number of halogens is 1. The van der Waals surface area contributed by atoms with E-state index < -0.39 is 0 Å². The Bertz CT molecular complexity index is 952. The summed E-state index contributed by atoms with van der Waals surface area (Å²) in [5.74, 6) is 1.26. The lowest BCUT2D eigenvalue weighted by Crippen LogP contribution is -2.25. The topological polar surface area (TPSA) is 64.9 Å². The van der Waals surface area contributed by atoms with Gasteiger partial charge in [-0.25, -0.2) is 4.98 Å². The number of nitrogens with zero attached hydrogens (tertiary/aromatic N) is 2. The molecule has 1 aliphatic heterocycles. The van der Waals surface area contributed by atoms with Crippen LogP contribution in [0, 0.1) is 6.92 Å². The van der Waals surface area contributed by atoms with E-state index in [0.29, 0.717) is 23.7 Å². The fourth-order valence-electron chi connectivity index (χ4n) is 2.73. The Morgan fingerprint density at radius 1 is 1.29 bits per heavy atom. The van der Waals surface area contributed by atoms with Crippen LogP contribution in [0.15, 0.2) is 41.0 Å². The normalized spacial score (nSPS) is 12.6. The third-order valence-corrected chi connectivity index (χ3v) is 4.33. The molecular formula is C17H14BrN3O3. The molecule has 0 aliphatic carbocycles. The first kappa shape index (κ1) is 15.0. The first-order valence-electron chi connectivity index (χ1n) is 7.43. The number of benzene rings is 1. The number of pyridine rings is 1. The maximum Gasteiger partial charge on any atom is 0.270 e. The Hall–Kier alpha value is -2.54. The molecule has 1 amide bonds. The molecule has 1 aliphatic rings. The summed E-state index contributed by atoms with van der Waals surface area (Å²) in [5, 5.41) is 2.93. The van der Waals surface area contributed by atoms with Crippen molar-refractivity contribution in [1.82, 2.24) is 14.7 Å². The first-order chi connectivity index (χ1) is 11.6. The fourth-order valence-corrected chi connectivity index (χ4v) is 3.06. The van der Waals surface area contributed by atoms with E-state index in [0.717, 1.165) is 21.4 Å². The van der Waals surface area contributed by atoms with Crippen LogP contribution >= 0.6 is 15.9 Å². The number of hydrogen-bond acceptors (Lipinski definition) is 4. The van der Waals surface area contributed by atoms with Gasteiger partial charge in [0.15, 0.2) is 11.5 Å². The molecule has 0 atom stereocenters. The average Bonchev–Trinajstić information content (AvgIpc) is 3.15. The Morgan fingerprint density at radius 3 is 3.00 bits per heavy atom. The maximum atomic E-state index is 12.6.